The molecule has 4 saturated carbocycles. The van der Waals surface area contributed by atoms with Crippen molar-refractivity contribution >= 4 is 5.97 Å². The van der Waals surface area contributed by atoms with Crippen LogP contribution in [0, 0.1) is 44.8 Å². The Morgan fingerprint density at radius 3 is 1.95 bits per heavy atom. The number of allylic oxidation sites excluding steroid dienone is 2. The van der Waals surface area contributed by atoms with Crippen LogP contribution in [0.2, 0.25) is 0 Å². The lowest BCUT2D eigenvalue weighted by atomic mass is 9.33. The molecule has 0 aromatic heterocycles. The predicted molar refractivity (Wildman–Crippen MR) is 162 cm³/mol. The Balaban J connectivity index is 0.000000488. The molecule has 0 aromatic carbocycles. The average molecular weight is 628 g/mol. The molecule has 11 atom stereocenters. The van der Waals surface area contributed by atoms with E-state index >= 15 is 0 Å². The maximum atomic E-state index is 12.8. The van der Waals surface area contributed by atoms with Gasteiger partial charge in [0.2, 0.25) is 0 Å². The molecule has 0 amide bonds. The third kappa shape index (κ3) is 5.00. The van der Waals surface area contributed by atoms with Crippen molar-refractivity contribution in [2.75, 3.05) is 26.4 Å². The molecule has 11 heteroatoms. The van der Waals surface area contributed by atoms with E-state index in [4.69, 9.17) is 21.1 Å². The van der Waals surface area contributed by atoms with Gasteiger partial charge in [0.05, 0.1) is 49.6 Å². The Kier molecular flexibility index (Phi) is 9.35. The highest BCUT2D eigenvalue weighted by atomic mass is 16.4. The van der Waals surface area contributed by atoms with E-state index in [2.05, 4.69) is 33.8 Å². The molecule has 0 radical (unpaired) electrons. The number of carbonyl (C=O) groups is 1. The highest BCUT2D eigenvalue weighted by Crippen LogP contribution is 2.75. The maximum Gasteiger partial charge on any atom is 0.310 e. The fraction of sp³-hybridized carbons (Fsp3) is 0.909. The van der Waals surface area contributed by atoms with E-state index in [-0.39, 0.29) is 29.1 Å². The first-order chi connectivity index (χ1) is 20.2. The lowest BCUT2D eigenvalue weighted by Gasteiger charge is -2.71. The molecule has 0 aliphatic heterocycles. The van der Waals surface area contributed by atoms with Gasteiger partial charge in [-0.15, -0.1) is 0 Å². The minimum atomic E-state index is -1.99. The van der Waals surface area contributed by atoms with Crippen molar-refractivity contribution in [1.82, 2.24) is 0 Å². The molecule has 0 bridgehead atoms. The number of aliphatic carboxylic acids is 1. The van der Waals surface area contributed by atoms with Crippen LogP contribution in [0.3, 0.4) is 0 Å². The fourth-order valence-corrected chi connectivity index (χ4v) is 10.7. The largest absolute Gasteiger partial charge is 0.481 e. The highest BCUT2D eigenvalue weighted by Gasteiger charge is 2.73. The number of carboxylic acid groups (broad SMARTS) is 1. The molecule has 254 valence electrons. The van der Waals surface area contributed by atoms with E-state index in [0.29, 0.717) is 25.7 Å². The quantitative estimate of drug-likeness (QED) is 0.189. The van der Waals surface area contributed by atoms with Crippen LogP contribution in [0.5, 0.6) is 0 Å². The van der Waals surface area contributed by atoms with E-state index in [1.807, 2.05) is 6.92 Å². The molecule has 11 N–H and O–H groups in total. The van der Waals surface area contributed by atoms with Crippen molar-refractivity contribution in [1.29, 1.82) is 0 Å². The number of nitrogens with two attached hydrogens (primary N) is 1. The van der Waals surface area contributed by atoms with Gasteiger partial charge in [0.1, 0.15) is 11.7 Å². The second-order valence-corrected chi connectivity index (χ2v) is 16.5. The van der Waals surface area contributed by atoms with Gasteiger partial charge in [-0.05, 0) is 84.9 Å². The smallest absolute Gasteiger partial charge is 0.310 e. The van der Waals surface area contributed by atoms with Gasteiger partial charge in [0.25, 0.3) is 0 Å². The summed E-state index contributed by atoms with van der Waals surface area (Å²) in [6, 6.07) is 0. The summed E-state index contributed by atoms with van der Waals surface area (Å²) >= 11 is 0. The van der Waals surface area contributed by atoms with Gasteiger partial charge in [-0.25, -0.2) is 0 Å². The van der Waals surface area contributed by atoms with Crippen molar-refractivity contribution in [3.8, 4) is 0 Å². The molecule has 5 aliphatic rings. The average Bonchev–Trinajstić information content (AvgIpc) is 2.95. The Morgan fingerprint density at radius 1 is 0.886 bits per heavy atom. The van der Waals surface area contributed by atoms with E-state index in [1.165, 1.54) is 5.57 Å². The zero-order chi connectivity index (χ0) is 33.3. The number of hydrogen-bond donors (Lipinski definition) is 10. The van der Waals surface area contributed by atoms with E-state index in [0.717, 1.165) is 19.3 Å². The molecule has 44 heavy (non-hydrogen) atoms. The van der Waals surface area contributed by atoms with Crippen LogP contribution in [-0.4, -0.2) is 108 Å². The molecule has 5 rings (SSSR count). The zero-order valence-corrected chi connectivity index (χ0v) is 27.0. The summed E-state index contributed by atoms with van der Waals surface area (Å²) in [6.07, 6.45) is 3.60. The monoisotopic (exact) mass is 627 g/mol. The summed E-state index contributed by atoms with van der Waals surface area (Å²) in [7, 11) is 0. The molecule has 11 nitrogen and oxygen atoms in total. The number of aliphatic hydroxyl groups excluding tert-OH is 7. The lowest BCUT2D eigenvalue weighted by Crippen LogP contribution is -2.74. The van der Waals surface area contributed by atoms with Crippen molar-refractivity contribution in [2.24, 2.45) is 50.6 Å². The first-order valence-electron chi connectivity index (χ1n) is 16.1. The number of fused-ring (bicyclic) bond motifs is 7. The van der Waals surface area contributed by atoms with E-state index < -0.39 is 84.0 Å². The van der Waals surface area contributed by atoms with Crippen LogP contribution >= 0.6 is 0 Å². The van der Waals surface area contributed by atoms with Gasteiger partial charge in [-0.2, -0.15) is 0 Å². The van der Waals surface area contributed by atoms with Crippen molar-refractivity contribution in [3.63, 3.8) is 0 Å². The summed E-state index contributed by atoms with van der Waals surface area (Å²) in [5, 5.41) is 90.2. The number of hydrogen-bond acceptors (Lipinski definition) is 10. The van der Waals surface area contributed by atoms with Crippen LogP contribution in [0.25, 0.3) is 0 Å². The molecular weight excluding hydrogens is 570 g/mol. The van der Waals surface area contributed by atoms with Crippen molar-refractivity contribution < 1.29 is 50.8 Å². The fourth-order valence-electron chi connectivity index (χ4n) is 10.7. The normalized spacial score (nSPS) is 47.9. The third-order valence-electron chi connectivity index (χ3n) is 13.6. The highest BCUT2D eigenvalue weighted by molar-refractivity contribution is 5.76. The van der Waals surface area contributed by atoms with Gasteiger partial charge in [0, 0.05) is 5.92 Å². The predicted octanol–water partition coefficient (Wildman–Crippen LogP) is 0.533. The Hall–Kier alpha value is -1.15. The number of aliphatic hydroxyl groups is 8. The molecule has 5 aliphatic carbocycles. The van der Waals surface area contributed by atoms with Gasteiger partial charge in [-0.1, -0.05) is 46.3 Å². The first-order valence-corrected chi connectivity index (χ1v) is 16.1. The standard InChI is InChI=1S/C29H46O7.C4H11NO3/c1-24(2)8-10-28(23(34)35)11-9-26(4)16(17(28)12-24)6-7-20-25(3)13-19(32)22(33)29(36,15-30)21(25)18(31)14-27(20,26)5;5-4(1-6,2-7)3-8/h6,17-22,30-33,36H,7-15H2,1-5H3,(H,34,35);6-8H,1-3,5H2. The van der Waals surface area contributed by atoms with Gasteiger partial charge in [0.15, 0.2) is 0 Å². The van der Waals surface area contributed by atoms with Crippen LogP contribution in [0.4, 0.5) is 0 Å². The van der Waals surface area contributed by atoms with Crippen molar-refractivity contribution in [2.45, 2.75) is 115 Å². The van der Waals surface area contributed by atoms with E-state index in [1.54, 1.807) is 0 Å². The summed E-state index contributed by atoms with van der Waals surface area (Å²) in [5.41, 5.74) is 1.04. The van der Waals surface area contributed by atoms with E-state index in [9.17, 15) is 35.4 Å². The molecule has 11 unspecified atom stereocenters. The van der Waals surface area contributed by atoms with Crippen molar-refractivity contribution in [3.05, 3.63) is 11.6 Å². The zero-order valence-electron chi connectivity index (χ0n) is 27.0. The summed E-state index contributed by atoms with van der Waals surface area (Å²) < 4.78 is 0. The minimum Gasteiger partial charge on any atom is -0.481 e. The topological polar surface area (TPSA) is 225 Å². The third-order valence-corrected chi connectivity index (χ3v) is 13.6. The molecular formula is C33H57NO10. The van der Waals surface area contributed by atoms with Gasteiger partial charge in [-0.3, -0.25) is 4.79 Å². The van der Waals surface area contributed by atoms with Crippen LogP contribution < -0.4 is 5.73 Å². The van der Waals surface area contributed by atoms with Gasteiger partial charge < -0.3 is 51.7 Å². The molecule has 0 aromatic rings. The number of carboxylic acids is 1. The van der Waals surface area contributed by atoms with Crippen LogP contribution in [-0.2, 0) is 4.79 Å². The Labute approximate surface area is 260 Å². The maximum absolute atomic E-state index is 12.8. The summed E-state index contributed by atoms with van der Waals surface area (Å²) in [6.45, 7) is 8.99. The second-order valence-electron chi connectivity index (χ2n) is 16.5. The molecule has 0 heterocycles. The first kappa shape index (κ1) is 35.7. The minimum absolute atomic E-state index is 0.0127. The van der Waals surface area contributed by atoms with Gasteiger partial charge >= 0.3 is 5.97 Å². The Morgan fingerprint density at radius 2 is 1.45 bits per heavy atom. The second kappa shape index (κ2) is 11.5. The molecule has 4 fully saturated rings. The number of rotatable bonds is 5. The SMILES string of the molecule is CC1(C)CCC2(C(=O)O)CCC3(C)C(=CCC4C5(C)CC(O)C(O)C(O)(CO)C5C(O)CC43C)C2C1.NC(CO)(CO)CO. The Bertz CT molecular complexity index is 1120. The van der Waals surface area contributed by atoms with Crippen LogP contribution in [0.15, 0.2) is 11.6 Å². The lowest BCUT2D eigenvalue weighted by molar-refractivity contribution is -0.299. The van der Waals surface area contributed by atoms with Crippen LogP contribution in [0.1, 0.15) is 86.0 Å². The molecule has 0 spiro atoms. The summed E-state index contributed by atoms with van der Waals surface area (Å²) in [5.74, 6) is -1.53. The molecule has 0 saturated heterocycles. The summed E-state index contributed by atoms with van der Waals surface area (Å²) in [4.78, 5) is 12.8.